The maximum Gasteiger partial charge on any atom is 0.0212 e. The Kier molecular flexibility index (Phi) is 3.75. The SMILES string of the molecule is NC1(Cc2ccc(C3CCSCC3)c(Br)c2)CC1. The summed E-state index contributed by atoms with van der Waals surface area (Å²) in [6, 6.07) is 6.91. The summed E-state index contributed by atoms with van der Waals surface area (Å²) >= 11 is 5.85. The maximum absolute atomic E-state index is 6.19. The van der Waals surface area contributed by atoms with E-state index in [1.54, 1.807) is 0 Å². The van der Waals surface area contributed by atoms with Crippen molar-refractivity contribution in [1.82, 2.24) is 0 Å². The molecule has 1 aromatic rings. The van der Waals surface area contributed by atoms with Gasteiger partial charge in [0.1, 0.15) is 0 Å². The summed E-state index contributed by atoms with van der Waals surface area (Å²) in [5.74, 6) is 3.37. The number of hydrogen-bond acceptors (Lipinski definition) is 2. The van der Waals surface area contributed by atoms with E-state index >= 15 is 0 Å². The van der Waals surface area contributed by atoms with Crippen molar-refractivity contribution >= 4 is 27.7 Å². The first-order valence-corrected chi connectivity index (χ1v) is 8.76. The van der Waals surface area contributed by atoms with Crippen LogP contribution in [-0.4, -0.2) is 17.0 Å². The molecule has 1 aliphatic carbocycles. The number of thioether (sulfide) groups is 1. The molecule has 1 saturated heterocycles. The first-order chi connectivity index (χ1) is 8.66. The van der Waals surface area contributed by atoms with Crippen molar-refractivity contribution in [3.8, 4) is 0 Å². The van der Waals surface area contributed by atoms with Crippen LogP contribution in [0.5, 0.6) is 0 Å². The zero-order chi connectivity index (χ0) is 12.6. The number of benzene rings is 1. The van der Waals surface area contributed by atoms with Crippen LogP contribution in [-0.2, 0) is 6.42 Å². The number of rotatable bonds is 3. The van der Waals surface area contributed by atoms with Crippen molar-refractivity contribution in [3.63, 3.8) is 0 Å². The smallest absolute Gasteiger partial charge is 0.0212 e. The van der Waals surface area contributed by atoms with Crippen LogP contribution in [0.25, 0.3) is 0 Å². The largest absolute Gasteiger partial charge is 0.325 e. The molecule has 1 aromatic carbocycles. The van der Waals surface area contributed by atoms with E-state index in [4.69, 9.17) is 5.73 Å². The van der Waals surface area contributed by atoms with Gasteiger partial charge in [-0.1, -0.05) is 28.1 Å². The zero-order valence-corrected chi connectivity index (χ0v) is 13.0. The molecule has 0 atom stereocenters. The second kappa shape index (κ2) is 5.18. The molecule has 3 rings (SSSR count). The summed E-state index contributed by atoms with van der Waals surface area (Å²) < 4.78 is 1.29. The lowest BCUT2D eigenvalue weighted by Crippen LogP contribution is -2.24. The molecule has 98 valence electrons. The van der Waals surface area contributed by atoms with Crippen LogP contribution < -0.4 is 5.73 Å². The number of halogens is 1. The molecule has 0 unspecified atom stereocenters. The summed E-state index contributed by atoms with van der Waals surface area (Å²) in [6.07, 6.45) is 6.05. The first-order valence-electron chi connectivity index (χ1n) is 6.81. The summed E-state index contributed by atoms with van der Waals surface area (Å²) in [6.45, 7) is 0. The van der Waals surface area contributed by atoms with Crippen LogP contribution in [0, 0.1) is 0 Å². The lowest BCUT2D eigenvalue weighted by atomic mass is 9.92. The molecule has 2 N–H and O–H groups in total. The van der Waals surface area contributed by atoms with Gasteiger partial charge in [-0.05, 0) is 66.7 Å². The minimum absolute atomic E-state index is 0.114. The Labute approximate surface area is 122 Å². The lowest BCUT2D eigenvalue weighted by Gasteiger charge is -2.23. The molecule has 2 aliphatic rings. The Balaban J connectivity index is 1.75. The van der Waals surface area contributed by atoms with Gasteiger partial charge in [0.05, 0.1) is 0 Å². The normalized spacial score (nSPS) is 23.0. The van der Waals surface area contributed by atoms with E-state index in [2.05, 4.69) is 45.9 Å². The highest BCUT2D eigenvalue weighted by atomic mass is 79.9. The topological polar surface area (TPSA) is 26.0 Å². The van der Waals surface area contributed by atoms with Crippen LogP contribution in [0.3, 0.4) is 0 Å². The van der Waals surface area contributed by atoms with Crippen LogP contribution >= 0.6 is 27.7 Å². The van der Waals surface area contributed by atoms with Gasteiger partial charge in [0.2, 0.25) is 0 Å². The highest BCUT2D eigenvalue weighted by molar-refractivity contribution is 9.10. The lowest BCUT2D eigenvalue weighted by molar-refractivity contribution is 0.632. The van der Waals surface area contributed by atoms with Gasteiger partial charge in [-0.15, -0.1) is 0 Å². The quantitative estimate of drug-likeness (QED) is 0.905. The van der Waals surface area contributed by atoms with Crippen molar-refractivity contribution in [1.29, 1.82) is 0 Å². The Morgan fingerprint density at radius 3 is 2.61 bits per heavy atom. The van der Waals surface area contributed by atoms with Gasteiger partial charge in [0.25, 0.3) is 0 Å². The molecule has 0 aromatic heterocycles. The van der Waals surface area contributed by atoms with Gasteiger partial charge in [0, 0.05) is 10.0 Å². The third-order valence-electron chi connectivity index (χ3n) is 4.17. The predicted molar refractivity (Wildman–Crippen MR) is 83.3 cm³/mol. The molecule has 2 fully saturated rings. The van der Waals surface area contributed by atoms with Gasteiger partial charge in [0.15, 0.2) is 0 Å². The highest BCUT2D eigenvalue weighted by Gasteiger charge is 2.38. The van der Waals surface area contributed by atoms with Gasteiger partial charge in [-0.3, -0.25) is 0 Å². The van der Waals surface area contributed by atoms with E-state index in [0.717, 1.165) is 12.3 Å². The Hall–Kier alpha value is 0.01000. The highest BCUT2D eigenvalue weighted by Crippen LogP contribution is 2.39. The first kappa shape index (κ1) is 13.0. The van der Waals surface area contributed by atoms with Gasteiger partial charge >= 0.3 is 0 Å². The van der Waals surface area contributed by atoms with Crippen LogP contribution in [0.1, 0.15) is 42.7 Å². The minimum Gasteiger partial charge on any atom is -0.325 e. The fraction of sp³-hybridized carbons (Fsp3) is 0.600. The molecule has 1 heterocycles. The Morgan fingerprint density at radius 1 is 1.28 bits per heavy atom. The minimum atomic E-state index is 0.114. The fourth-order valence-electron chi connectivity index (χ4n) is 2.76. The molecule has 0 amide bonds. The van der Waals surface area contributed by atoms with Gasteiger partial charge in [-0.25, -0.2) is 0 Å². The van der Waals surface area contributed by atoms with Crippen LogP contribution in [0.2, 0.25) is 0 Å². The van der Waals surface area contributed by atoms with E-state index in [-0.39, 0.29) is 5.54 Å². The molecule has 0 radical (unpaired) electrons. The third-order valence-corrected chi connectivity index (χ3v) is 5.91. The molecule has 1 saturated carbocycles. The van der Waals surface area contributed by atoms with Crippen molar-refractivity contribution in [2.45, 2.75) is 43.6 Å². The Bertz CT molecular complexity index is 436. The second-order valence-corrected chi connectivity index (χ2v) is 7.86. The van der Waals surface area contributed by atoms with Gasteiger partial charge < -0.3 is 5.73 Å². The van der Waals surface area contributed by atoms with Crippen molar-refractivity contribution in [2.24, 2.45) is 5.73 Å². The third kappa shape index (κ3) is 2.94. The molecular formula is C15H20BrNS. The zero-order valence-electron chi connectivity index (χ0n) is 10.6. The molecule has 3 heteroatoms. The summed E-state index contributed by atoms with van der Waals surface area (Å²) in [5.41, 5.74) is 9.19. The average molecular weight is 326 g/mol. The fourth-order valence-corrected chi connectivity index (χ4v) is 4.62. The van der Waals surface area contributed by atoms with E-state index in [1.165, 1.54) is 52.8 Å². The maximum atomic E-state index is 6.19. The number of nitrogens with two attached hydrogens (primary N) is 1. The van der Waals surface area contributed by atoms with E-state index in [1.807, 2.05) is 0 Å². The van der Waals surface area contributed by atoms with Crippen molar-refractivity contribution < 1.29 is 0 Å². The molecule has 0 bridgehead atoms. The standard InChI is InChI=1S/C15H20BrNS/c16-14-9-11(10-15(17)5-6-15)1-2-13(14)12-3-7-18-8-4-12/h1-2,9,12H,3-8,10,17H2. The molecule has 0 spiro atoms. The van der Waals surface area contributed by atoms with E-state index < -0.39 is 0 Å². The summed E-state index contributed by atoms with van der Waals surface area (Å²) in [7, 11) is 0. The predicted octanol–water partition coefficient (Wildman–Crippen LogP) is 4.09. The molecular weight excluding hydrogens is 306 g/mol. The van der Waals surface area contributed by atoms with Gasteiger partial charge in [-0.2, -0.15) is 11.8 Å². The van der Waals surface area contributed by atoms with E-state index in [0.29, 0.717) is 0 Å². The Morgan fingerprint density at radius 2 is 2.00 bits per heavy atom. The number of hydrogen-bond donors (Lipinski definition) is 1. The van der Waals surface area contributed by atoms with E-state index in [9.17, 15) is 0 Å². The molecule has 18 heavy (non-hydrogen) atoms. The van der Waals surface area contributed by atoms with Crippen LogP contribution in [0.4, 0.5) is 0 Å². The monoisotopic (exact) mass is 325 g/mol. The summed E-state index contributed by atoms with van der Waals surface area (Å²) in [4.78, 5) is 0. The second-order valence-electron chi connectivity index (χ2n) is 5.78. The van der Waals surface area contributed by atoms with Crippen LogP contribution in [0.15, 0.2) is 22.7 Å². The molecule has 1 aliphatic heterocycles. The summed E-state index contributed by atoms with van der Waals surface area (Å²) in [5, 5.41) is 0. The average Bonchev–Trinajstić information content (AvgIpc) is 3.08. The van der Waals surface area contributed by atoms with Crippen molar-refractivity contribution in [2.75, 3.05) is 11.5 Å². The molecule has 1 nitrogen and oxygen atoms in total. The van der Waals surface area contributed by atoms with Crippen molar-refractivity contribution in [3.05, 3.63) is 33.8 Å².